The molecule has 2 N–H and O–H groups in total. The van der Waals surface area contributed by atoms with Gasteiger partial charge in [0, 0.05) is 5.69 Å². The number of benzene rings is 2. The molecule has 0 unspecified atom stereocenters. The first-order valence-corrected chi connectivity index (χ1v) is 8.46. The first kappa shape index (κ1) is 20.7. The molecule has 0 saturated carbocycles. The number of nitrogens with zero attached hydrogens (tertiary/aromatic N) is 3. The van der Waals surface area contributed by atoms with Crippen LogP contribution in [0.3, 0.4) is 0 Å². The van der Waals surface area contributed by atoms with Crippen LogP contribution in [0.2, 0.25) is 0 Å². The molecule has 0 amide bonds. The molecule has 142 valence electrons. The minimum atomic E-state index is -0.473. The molecule has 0 fully saturated rings. The minimum absolute atomic E-state index is 0.0378. The van der Waals surface area contributed by atoms with Crippen LogP contribution in [0.1, 0.15) is 22.3 Å². The Hall–Kier alpha value is -3.64. The molecule has 0 aliphatic heterocycles. The van der Waals surface area contributed by atoms with Crippen LogP contribution in [0.25, 0.3) is 0 Å². The van der Waals surface area contributed by atoms with Crippen molar-refractivity contribution >= 4 is 24.0 Å². The highest BCUT2D eigenvalue weighted by Gasteiger charge is 2.11. The number of ether oxygens (including phenoxy) is 1. The van der Waals surface area contributed by atoms with E-state index in [0.717, 1.165) is 16.7 Å². The van der Waals surface area contributed by atoms with Gasteiger partial charge in [-0.05, 0) is 56.2 Å². The Kier molecular flexibility index (Phi) is 6.90. The third-order valence-corrected chi connectivity index (χ3v) is 3.75. The molecule has 28 heavy (non-hydrogen) atoms. The summed E-state index contributed by atoms with van der Waals surface area (Å²) >= 11 is 2.83. The summed E-state index contributed by atoms with van der Waals surface area (Å²) in [6, 6.07) is 12.8. The summed E-state index contributed by atoms with van der Waals surface area (Å²) in [6.07, 6.45) is 0. The summed E-state index contributed by atoms with van der Waals surface area (Å²) < 4.78 is 13.6. The first-order chi connectivity index (χ1) is 13.5. The average molecular weight is 395 g/mol. The van der Waals surface area contributed by atoms with Crippen molar-refractivity contribution in [2.75, 3.05) is 5.32 Å². The lowest BCUT2D eigenvalue weighted by Gasteiger charge is -2.12. The molecule has 0 radical (unpaired) electrons. The van der Waals surface area contributed by atoms with Crippen LogP contribution in [0.5, 0.6) is 11.8 Å². The van der Waals surface area contributed by atoms with Gasteiger partial charge in [0.25, 0.3) is 0 Å². The van der Waals surface area contributed by atoms with Crippen LogP contribution in [0.4, 0.5) is 11.5 Å². The average Bonchev–Trinajstić information content (AvgIpc) is 2.69. The predicted molar refractivity (Wildman–Crippen MR) is 106 cm³/mol. The molecular formula is C19H17N5O3S. The Morgan fingerprint density at radius 2 is 1.71 bits per heavy atom. The lowest BCUT2D eigenvalue weighted by molar-refractivity contribution is 0.427. The Bertz CT molecular complexity index is 1050. The Morgan fingerprint density at radius 1 is 1.11 bits per heavy atom. The van der Waals surface area contributed by atoms with Crippen LogP contribution in [0, 0.1) is 32.1 Å². The van der Waals surface area contributed by atoms with E-state index in [1.54, 1.807) is 24.3 Å². The highest BCUT2D eigenvalue weighted by molar-refractivity contribution is 7.44. The van der Waals surface area contributed by atoms with E-state index in [4.69, 9.17) is 14.2 Å². The summed E-state index contributed by atoms with van der Waals surface area (Å²) in [5, 5.41) is 18.0. The van der Waals surface area contributed by atoms with Crippen molar-refractivity contribution in [2.24, 2.45) is 0 Å². The molecule has 3 aromatic rings. The molecule has 0 saturated heterocycles. The predicted octanol–water partition coefficient (Wildman–Crippen LogP) is 3.16. The smallest absolute Gasteiger partial charge is 0.341 e. The van der Waals surface area contributed by atoms with Crippen LogP contribution in [-0.4, -0.2) is 19.4 Å². The molecule has 0 aliphatic rings. The van der Waals surface area contributed by atoms with Gasteiger partial charge in [-0.1, -0.05) is 17.7 Å². The Labute approximate surface area is 166 Å². The zero-order chi connectivity index (χ0) is 20.7. The van der Waals surface area contributed by atoms with Crippen LogP contribution in [-0.2, 0) is 12.5 Å². The maximum atomic E-state index is 12.0. The van der Waals surface area contributed by atoms with Gasteiger partial charge < -0.3 is 10.1 Å². The SMILES string of the molecule is Cc1cc(C)c(Oc2n[nH]c(=O)c(Nc3ccc(C#N)cc3)n2)c(C)c1.O=S. The fourth-order valence-corrected chi connectivity index (χ4v) is 2.64. The Balaban J connectivity index is 0.00000136. The molecule has 1 heterocycles. The maximum Gasteiger partial charge on any atom is 0.341 e. The van der Waals surface area contributed by atoms with Gasteiger partial charge in [0.15, 0.2) is 12.5 Å². The molecule has 8 nitrogen and oxygen atoms in total. The number of hydrogen-bond donors (Lipinski definition) is 2. The normalized spacial score (nSPS) is 9.64. The van der Waals surface area contributed by atoms with Crippen molar-refractivity contribution in [1.82, 2.24) is 15.2 Å². The summed E-state index contributed by atoms with van der Waals surface area (Å²) in [4.78, 5) is 16.1. The lowest BCUT2D eigenvalue weighted by atomic mass is 10.1. The molecule has 0 aliphatic carbocycles. The maximum absolute atomic E-state index is 12.0. The molecule has 0 bridgehead atoms. The largest absolute Gasteiger partial charge is 0.423 e. The van der Waals surface area contributed by atoms with Crippen molar-refractivity contribution in [2.45, 2.75) is 20.8 Å². The van der Waals surface area contributed by atoms with Crippen molar-refractivity contribution in [3.05, 3.63) is 69.0 Å². The standard InChI is InChI=1S/C19H17N5O2.OS/c1-11-8-12(2)16(13(3)9-11)26-19-22-17(18(25)23-24-19)21-15-6-4-14(10-20)5-7-15;1-2/h4-9H,1-3H3,(H,23,25)(H,21,22,24);. The number of anilines is 2. The third-order valence-electron chi connectivity index (χ3n) is 3.75. The number of aromatic nitrogens is 3. The Morgan fingerprint density at radius 3 is 2.29 bits per heavy atom. The third kappa shape index (κ3) is 4.96. The fourth-order valence-electron chi connectivity index (χ4n) is 2.64. The molecule has 1 aromatic heterocycles. The van der Waals surface area contributed by atoms with Gasteiger partial charge in [-0.3, -0.25) is 4.79 Å². The first-order valence-electron chi connectivity index (χ1n) is 8.12. The number of aromatic amines is 1. The highest BCUT2D eigenvalue weighted by atomic mass is 32.1. The summed E-state index contributed by atoms with van der Waals surface area (Å²) in [5.41, 5.74) is 3.73. The van der Waals surface area contributed by atoms with E-state index < -0.39 is 5.56 Å². The highest BCUT2D eigenvalue weighted by Crippen LogP contribution is 2.28. The lowest BCUT2D eigenvalue weighted by Crippen LogP contribution is -2.16. The fraction of sp³-hybridized carbons (Fsp3) is 0.158. The molecule has 0 atom stereocenters. The zero-order valence-corrected chi connectivity index (χ0v) is 16.3. The van der Waals surface area contributed by atoms with Crippen LogP contribution < -0.4 is 15.6 Å². The van der Waals surface area contributed by atoms with Gasteiger partial charge >= 0.3 is 11.6 Å². The van der Waals surface area contributed by atoms with Crippen LogP contribution >= 0.6 is 0 Å². The minimum Gasteiger partial charge on any atom is -0.423 e. The van der Waals surface area contributed by atoms with E-state index in [-0.39, 0.29) is 11.8 Å². The van der Waals surface area contributed by atoms with E-state index in [2.05, 4.69) is 33.0 Å². The number of aryl methyl sites for hydroxylation is 3. The zero-order valence-electron chi connectivity index (χ0n) is 15.4. The monoisotopic (exact) mass is 395 g/mol. The molecule has 3 rings (SSSR count). The van der Waals surface area contributed by atoms with Crippen molar-refractivity contribution in [1.29, 1.82) is 5.26 Å². The summed E-state index contributed by atoms with van der Waals surface area (Å²) in [7, 11) is 0. The van der Waals surface area contributed by atoms with E-state index in [0.29, 0.717) is 17.0 Å². The number of nitriles is 1. The second-order valence-corrected chi connectivity index (χ2v) is 5.94. The van der Waals surface area contributed by atoms with E-state index in [1.165, 1.54) is 0 Å². The van der Waals surface area contributed by atoms with Gasteiger partial charge in [0.05, 0.1) is 11.6 Å². The molecule has 0 spiro atoms. The quantitative estimate of drug-likeness (QED) is 0.691. The van der Waals surface area contributed by atoms with E-state index >= 15 is 0 Å². The second-order valence-electron chi connectivity index (χ2n) is 5.94. The number of H-pyrrole nitrogens is 1. The van der Waals surface area contributed by atoms with Gasteiger partial charge in [0.1, 0.15) is 5.75 Å². The van der Waals surface area contributed by atoms with Gasteiger partial charge in [-0.25, -0.2) is 5.10 Å². The van der Waals surface area contributed by atoms with Crippen molar-refractivity contribution in [3.8, 4) is 17.8 Å². The van der Waals surface area contributed by atoms with Crippen LogP contribution in [0.15, 0.2) is 41.2 Å². The summed E-state index contributed by atoms with van der Waals surface area (Å²) in [6.45, 7) is 5.90. The molecular weight excluding hydrogens is 378 g/mol. The number of nitrogens with one attached hydrogen (secondary N) is 2. The van der Waals surface area contributed by atoms with Gasteiger partial charge in [-0.2, -0.15) is 14.5 Å². The van der Waals surface area contributed by atoms with Gasteiger partial charge in [-0.15, -0.1) is 5.10 Å². The van der Waals surface area contributed by atoms with Crippen molar-refractivity contribution < 1.29 is 8.95 Å². The van der Waals surface area contributed by atoms with E-state index in [1.807, 2.05) is 39.0 Å². The second kappa shape index (κ2) is 9.34. The van der Waals surface area contributed by atoms with Gasteiger partial charge in [0.2, 0.25) is 5.82 Å². The summed E-state index contributed by atoms with van der Waals surface area (Å²) in [5.74, 6) is 0.717. The topological polar surface area (TPSA) is 121 Å². The van der Waals surface area contributed by atoms with E-state index in [9.17, 15) is 4.79 Å². The molecule has 2 aromatic carbocycles. The molecule has 9 heteroatoms. The number of hydrogen-bond acceptors (Lipinski definition) is 8. The number of rotatable bonds is 4. The van der Waals surface area contributed by atoms with Crippen molar-refractivity contribution in [3.63, 3.8) is 0 Å².